The zero-order chi connectivity index (χ0) is 16.8. The van der Waals surface area contributed by atoms with E-state index in [1.807, 2.05) is 40.9 Å². The molecular formula is C16H20IN7O. The van der Waals surface area contributed by atoms with Crippen molar-refractivity contribution in [3.8, 4) is 5.82 Å². The molecular weight excluding hydrogens is 433 g/mol. The van der Waals surface area contributed by atoms with Crippen molar-refractivity contribution in [3.05, 3.63) is 60.6 Å². The lowest BCUT2D eigenvalue weighted by Crippen LogP contribution is -2.38. The molecule has 0 amide bonds. The molecule has 0 fully saturated rings. The molecule has 0 aromatic carbocycles. The summed E-state index contributed by atoms with van der Waals surface area (Å²) in [7, 11) is 3.70. The highest BCUT2D eigenvalue weighted by atomic mass is 127. The number of imidazole rings is 1. The Kier molecular flexibility index (Phi) is 6.92. The minimum atomic E-state index is 0. The molecule has 3 aromatic heterocycles. The number of pyridine rings is 1. The highest BCUT2D eigenvalue weighted by molar-refractivity contribution is 14.0. The molecule has 9 heteroatoms. The number of hydrogen-bond donors (Lipinski definition) is 1. The van der Waals surface area contributed by atoms with Crippen molar-refractivity contribution in [2.24, 2.45) is 4.99 Å². The summed E-state index contributed by atoms with van der Waals surface area (Å²) in [6, 6.07) is 5.78. The summed E-state index contributed by atoms with van der Waals surface area (Å²) in [6.07, 6.45) is 8.67. The van der Waals surface area contributed by atoms with Crippen LogP contribution in [0.2, 0.25) is 0 Å². The Hall–Kier alpha value is -2.43. The predicted molar refractivity (Wildman–Crippen MR) is 105 cm³/mol. The number of nitrogens with one attached hydrogen (secondary N) is 1. The third-order valence-electron chi connectivity index (χ3n) is 3.52. The van der Waals surface area contributed by atoms with E-state index in [0.29, 0.717) is 13.1 Å². The Labute approximate surface area is 163 Å². The van der Waals surface area contributed by atoms with Gasteiger partial charge in [0.25, 0.3) is 0 Å². The van der Waals surface area contributed by atoms with Gasteiger partial charge in [0.2, 0.25) is 0 Å². The molecule has 3 heterocycles. The number of guanidine groups is 1. The Morgan fingerprint density at radius 3 is 2.92 bits per heavy atom. The van der Waals surface area contributed by atoms with Crippen LogP contribution in [-0.4, -0.2) is 44.6 Å². The summed E-state index contributed by atoms with van der Waals surface area (Å²) in [5, 5.41) is 7.26. The quantitative estimate of drug-likeness (QED) is 0.362. The van der Waals surface area contributed by atoms with Gasteiger partial charge in [-0.25, -0.2) is 9.97 Å². The van der Waals surface area contributed by atoms with E-state index in [-0.39, 0.29) is 24.0 Å². The maximum Gasteiger partial charge on any atom is 0.194 e. The van der Waals surface area contributed by atoms with E-state index in [1.54, 1.807) is 32.0 Å². The molecule has 0 saturated carbocycles. The first-order valence-electron chi connectivity index (χ1n) is 7.51. The first-order valence-corrected chi connectivity index (χ1v) is 7.51. The minimum Gasteiger partial charge on any atom is -0.364 e. The number of nitrogens with zero attached hydrogens (tertiary/aromatic N) is 6. The van der Waals surface area contributed by atoms with Gasteiger partial charge in [0.1, 0.15) is 24.1 Å². The maximum atomic E-state index is 4.86. The minimum absolute atomic E-state index is 0. The van der Waals surface area contributed by atoms with Crippen molar-refractivity contribution in [1.82, 2.24) is 29.9 Å². The van der Waals surface area contributed by atoms with Crippen molar-refractivity contribution in [2.75, 3.05) is 14.1 Å². The highest BCUT2D eigenvalue weighted by Gasteiger charge is 2.10. The normalized spacial score (nSPS) is 11.0. The zero-order valence-electron chi connectivity index (χ0n) is 14.0. The van der Waals surface area contributed by atoms with Crippen LogP contribution in [0.4, 0.5) is 0 Å². The average molecular weight is 453 g/mol. The summed E-state index contributed by atoms with van der Waals surface area (Å²) in [6.45, 7) is 1.20. The number of rotatable bonds is 5. The second-order valence-electron chi connectivity index (χ2n) is 5.20. The molecule has 0 radical (unpaired) electrons. The Morgan fingerprint density at radius 1 is 1.36 bits per heavy atom. The number of aliphatic imine (C=N–C) groups is 1. The lowest BCUT2D eigenvalue weighted by Gasteiger charge is -2.21. The van der Waals surface area contributed by atoms with Gasteiger partial charge in [0, 0.05) is 50.9 Å². The maximum absolute atomic E-state index is 4.86. The van der Waals surface area contributed by atoms with Crippen LogP contribution in [0, 0.1) is 0 Å². The molecule has 3 aromatic rings. The van der Waals surface area contributed by atoms with E-state index in [0.717, 1.165) is 23.0 Å². The standard InChI is InChI=1S/C16H19N7O.HI/c1-17-16(22(2)11-14-5-9-24-21-14)20-10-13-4-3-6-19-15(13)23-8-7-18-12-23;/h3-9,12H,10-11H2,1-2H3,(H,17,20);1H. The fourth-order valence-corrected chi connectivity index (χ4v) is 2.38. The summed E-state index contributed by atoms with van der Waals surface area (Å²) >= 11 is 0. The molecule has 8 nitrogen and oxygen atoms in total. The molecule has 0 saturated heterocycles. The summed E-state index contributed by atoms with van der Waals surface area (Å²) in [4.78, 5) is 14.8. The number of hydrogen-bond acceptors (Lipinski definition) is 5. The van der Waals surface area contributed by atoms with Crippen molar-refractivity contribution < 1.29 is 4.52 Å². The molecule has 25 heavy (non-hydrogen) atoms. The second-order valence-corrected chi connectivity index (χ2v) is 5.20. The fraction of sp³-hybridized carbons (Fsp3) is 0.250. The molecule has 0 bridgehead atoms. The van der Waals surface area contributed by atoms with E-state index in [1.165, 1.54) is 0 Å². The molecule has 0 unspecified atom stereocenters. The average Bonchev–Trinajstić information content (AvgIpc) is 3.29. The van der Waals surface area contributed by atoms with Crippen LogP contribution in [0.5, 0.6) is 0 Å². The number of aromatic nitrogens is 4. The molecule has 0 atom stereocenters. The molecule has 1 N–H and O–H groups in total. The Balaban J connectivity index is 0.00000225. The topological polar surface area (TPSA) is 84.4 Å². The van der Waals surface area contributed by atoms with Crippen LogP contribution in [0.1, 0.15) is 11.3 Å². The Morgan fingerprint density at radius 2 is 2.24 bits per heavy atom. The second kappa shape index (κ2) is 9.16. The summed E-state index contributed by atoms with van der Waals surface area (Å²) < 4.78 is 6.75. The van der Waals surface area contributed by atoms with Crippen molar-refractivity contribution >= 4 is 29.9 Å². The van der Waals surface area contributed by atoms with Crippen LogP contribution >= 0.6 is 24.0 Å². The van der Waals surface area contributed by atoms with Gasteiger partial charge in [0.15, 0.2) is 5.96 Å². The van der Waals surface area contributed by atoms with Gasteiger partial charge in [-0.2, -0.15) is 0 Å². The summed E-state index contributed by atoms with van der Waals surface area (Å²) in [5.74, 6) is 1.61. The third-order valence-corrected chi connectivity index (χ3v) is 3.52. The van der Waals surface area contributed by atoms with Crippen LogP contribution in [0.15, 0.2) is 58.9 Å². The van der Waals surface area contributed by atoms with Gasteiger partial charge in [-0.15, -0.1) is 24.0 Å². The first kappa shape index (κ1) is 18.9. The highest BCUT2D eigenvalue weighted by Crippen LogP contribution is 2.11. The van der Waals surface area contributed by atoms with Gasteiger partial charge in [-0.05, 0) is 6.07 Å². The Bertz CT molecular complexity index is 787. The van der Waals surface area contributed by atoms with Gasteiger partial charge in [-0.3, -0.25) is 9.56 Å². The third kappa shape index (κ3) is 4.78. The van der Waals surface area contributed by atoms with Crippen LogP contribution in [0.3, 0.4) is 0 Å². The van der Waals surface area contributed by atoms with E-state index in [4.69, 9.17) is 4.52 Å². The predicted octanol–water partition coefficient (Wildman–Crippen LogP) is 2.08. The van der Waals surface area contributed by atoms with Gasteiger partial charge >= 0.3 is 0 Å². The smallest absolute Gasteiger partial charge is 0.194 e. The van der Waals surface area contributed by atoms with Crippen LogP contribution < -0.4 is 5.32 Å². The number of halogens is 1. The molecule has 0 spiro atoms. The first-order chi connectivity index (χ1) is 11.8. The summed E-state index contributed by atoms with van der Waals surface area (Å²) in [5.41, 5.74) is 1.90. The van der Waals surface area contributed by atoms with Crippen molar-refractivity contribution in [1.29, 1.82) is 0 Å². The molecule has 0 aliphatic rings. The van der Waals surface area contributed by atoms with Gasteiger partial charge < -0.3 is 14.7 Å². The van der Waals surface area contributed by atoms with Crippen molar-refractivity contribution in [2.45, 2.75) is 13.1 Å². The van der Waals surface area contributed by atoms with Gasteiger partial charge in [0.05, 0.1) is 6.54 Å². The van der Waals surface area contributed by atoms with Gasteiger partial charge in [-0.1, -0.05) is 11.2 Å². The van der Waals surface area contributed by atoms with E-state index in [2.05, 4.69) is 25.4 Å². The lowest BCUT2D eigenvalue weighted by molar-refractivity contribution is 0.391. The molecule has 132 valence electrons. The largest absolute Gasteiger partial charge is 0.364 e. The zero-order valence-corrected chi connectivity index (χ0v) is 16.4. The fourth-order valence-electron chi connectivity index (χ4n) is 2.38. The lowest BCUT2D eigenvalue weighted by atomic mass is 10.2. The molecule has 0 aliphatic carbocycles. The molecule has 0 aliphatic heterocycles. The van der Waals surface area contributed by atoms with E-state index >= 15 is 0 Å². The monoisotopic (exact) mass is 453 g/mol. The van der Waals surface area contributed by atoms with E-state index < -0.39 is 0 Å². The van der Waals surface area contributed by atoms with E-state index in [9.17, 15) is 0 Å². The van der Waals surface area contributed by atoms with Crippen LogP contribution in [-0.2, 0) is 13.1 Å². The van der Waals surface area contributed by atoms with Crippen molar-refractivity contribution in [3.63, 3.8) is 0 Å². The van der Waals surface area contributed by atoms with Crippen LogP contribution in [0.25, 0.3) is 5.82 Å². The SMILES string of the molecule is CN=C(NCc1cccnc1-n1ccnc1)N(C)Cc1ccon1.I. The molecule has 3 rings (SSSR count).